The van der Waals surface area contributed by atoms with Gasteiger partial charge in [-0.05, 0) is 49.6 Å². The Morgan fingerprint density at radius 3 is 2.70 bits per heavy atom. The molecule has 1 fully saturated rings. The van der Waals surface area contributed by atoms with Crippen LogP contribution in [-0.2, 0) is 20.4 Å². The van der Waals surface area contributed by atoms with Crippen LogP contribution in [0.25, 0.3) is 0 Å². The van der Waals surface area contributed by atoms with E-state index in [0.29, 0.717) is 30.7 Å². The van der Waals surface area contributed by atoms with E-state index in [2.05, 4.69) is 0 Å². The molecule has 1 spiro atoms. The molecule has 2 aromatic carbocycles. The van der Waals surface area contributed by atoms with Gasteiger partial charge in [0, 0.05) is 12.1 Å². The summed E-state index contributed by atoms with van der Waals surface area (Å²) in [5, 5.41) is 0. The van der Waals surface area contributed by atoms with Gasteiger partial charge in [0.1, 0.15) is 5.75 Å². The highest BCUT2D eigenvalue weighted by molar-refractivity contribution is 7.89. The van der Waals surface area contributed by atoms with Crippen molar-refractivity contribution >= 4 is 16.0 Å². The topological polar surface area (TPSA) is 72.9 Å². The van der Waals surface area contributed by atoms with E-state index in [1.165, 1.54) is 4.31 Å². The summed E-state index contributed by atoms with van der Waals surface area (Å²) in [6, 6.07) is 12.0. The zero-order chi connectivity index (χ0) is 19.2. The Morgan fingerprint density at radius 2 is 1.96 bits per heavy atom. The first kappa shape index (κ1) is 18.0. The lowest BCUT2D eigenvalue weighted by Gasteiger charge is -2.38. The quantitative estimate of drug-likeness (QED) is 0.757. The number of carbonyl (C=O) groups excluding carboxylic acids is 1. The van der Waals surface area contributed by atoms with Crippen molar-refractivity contribution in [3.8, 4) is 5.75 Å². The molecule has 2 aliphatic heterocycles. The lowest BCUT2D eigenvalue weighted by Crippen LogP contribution is -2.48. The summed E-state index contributed by atoms with van der Waals surface area (Å²) in [6.45, 7) is 2.34. The van der Waals surface area contributed by atoms with Crippen molar-refractivity contribution in [2.45, 2.75) is 30.3 Å². The number of rotatable bonds is 3. The smallest absolute Gasteiger partial charge is 0.339 e. The summed E-state index contributed by atoms with van der Waals surface area (Å²) in [5.74, 6) is 0.257. The van der Waals surface area contributed by atoms with Crippen molar-refractivity contribution in [1.29, 1.82) is 0 Å². The normalized spacial score (nSPS) is 22.5. The van der Waals surface area contributed by atoms with E-state index in [4.69, 9.17) is 9.47 Å². The van der Waals surface area contributed by atoms with E-state index in [9.17, 15) is 13.2 Å². The monoisotopic (exact) mass is 387 g/mol. The number of esters is 1. The Bertz CT molecular complexity index is 1020. The van der Waals surface area contributed by atoms with Gasteiger partial charge >= 0.3 is 5.97 Å². The Labute approximate surface area is 158 Å². The number of carbonyl (C=O) groups is 1. The number of methoxy groups -OCH3 is 1. The molecular formula is C20H21NO5S. The van der Waals surface area contributed by atoms with Crippen molar-refractivity contribution in [3.05, 3.63) is 59.2 Å². The molecule has 142 valence electrons. The van der Waals surface area contributed by atoms with Crippen molar-refractivity contribution in [2.24, 2.45) is 0 Å². The lowest BCUT2D eigenvalue weighted by molar-refractivity contribution is -0.0345. The highest BCUT2D eigenvalue weighted by atomic mass is 32.2. The fourth-order valence-corrected chi connectivity index (χ4v) is 5.61. The molecule has 6 nitrogen and oxygen atoms in total. The van der Waals surface area contributed by atoms with Crippen molar-refractivity contribution in [3.63, 3.8) is 0 Å². The van der Waals surface area contributed by atoms with E-state index in [1.54, 1.807) is 37.4 Å². The van der Waals surface area contributed by atoms with E-state index in [1.807, 2.05) is 19.1 Å². The molecule has 1 unspecified atom stereocenters. The molecule has 7 heteroatoms. The van der Waals surface area contributed by atoms with Crippen LogP contribution in [0.3, 0.4) is 0 Å². The number of aryl methyl sites for hydroxylation is 1. The molecule has 1 atom stereocenters. The maximum Gasteiger partial charge on any atom is 0.339 e. The second kappa shape index (κ2) is 6.35. The van der Waals surface area contributed by atoms with Crippen LogP contribution in [0.4, 0.5) is 0 Å². The summed E-state index contributed by atoms with van der Waals surface area (Å²) >= 11 is 0. The second-order valence-corrected chi connectivity index (χ2v) is 8.94. The van der Waals surface area contributed by atoms with Gasteiger partial charge in [0.05, 0.1) is 24.1 Å². The zero-order valence-electron chi connectivity index (χ0n) is 15.3. The molecule has 0 N–H and O–H groups in total. The second-order valence-electron chi connectivity index (χ2n) is 7.00. The molecule has 4 rings (SSSR count). The predicted molar refractivity (Wildman–Crippen MR) is 99.3 cm³/mol. The Kier molecular flexibility index (Phi) is 4.24. The van der Waals surface area contributed by atoms with Crippen LogP contribution in [0, 0.1) is 6.92 Å². The first-order chi connectivity index (χ1) is 12.9. The number of ether oxygens (including phenoxy) is 2. The third kappa shape index (κ3) is 2.82. The average molecular weight is 387 g/mol. The maximum atomic E-state index is 13.2. The summed E-state index contributed by atoms with van der Waals surface area (Å²) in [4.78, 5) is 12.5. The first-order valence-corrected chi connectivity index (χ1v) is 10.3. The van der Waals surface area contributed by atoms with Crippen LogP contribution >= 0.6 is 0 Å². The van der Waals surface area contributed by atoms with Gasteiger partial charge in [-0.1, -0.05) is 18.2 Å². The standard InChI is InChI=1S/C20H21NO5S/c1-14-12-15(8-9-18(14)25-2)27(23,24)21-11-5-10-20(13-21)17-7-4-3-6-16(17)19(22)26-20/h3-4,6-9,12H,5,10-11,13H2,1-2H3. The van der Waals surface area contributed by atoms with Crippen molar-refractivity contribution in [2.75, 3.05) is 20.2 Å². The number of benzene rings is 2. The largest absolute Gasteiger partial charge is 0.496 e. The molecule has 0 amide bonds. The van der Waals surface area contributed by atoms with Crippen LogP contribution in [-0.4, -0.2) is 38.9 Å². The highest BCUT2D eigenvalue weighted by Crippen LogP contribution is 2.43. The first-order valence-electron chi connectivity index (χ1n) is 8.85. The van der Waals surface area contributed by atoms with Crippen molar-refractivity contribution < 1.29 is 22.7 Å². The van der Waals surface area contributed by atoms with Gasteiger partial charge in [-0.2, -0.15) is 4.31 Å². The molecule has 2 aromatic rings. The summed E-state index contributed by atoms with van der Waals surface area (Å²) < 4.78 is 38.8. The number of nitrogens with zero attached hydrogens (tertiary/aromatic N) is 1. The van der Waals surface area contributed by atoms with Crippen LogP contribution in [0.15, 0.2) is 47.4 Å². The molecule has 27 heavy (non-hydrogen) atoms. The Hall–Kier alpha value is -2.38. The van der Waals surface area contributed by atoms with Crippen LogP contribution < -0.4 is 4.74 Å². The molecule has 1 saturated heterocycles. The fourth-order valence-electron chi connectivity index (χ4n) is 4.00. The molecule has 0 radical (unpaired) electrons. The van der Waals surface area contributed by atoms with Crippen LogP contribution in [0.1, 0.15) is 34.3 Å². The molecule has 0 aromatic heterocycles. The van der Waals surface area contributed by atoms with Gasteiger partial charge in [0.25, 0.3) is 0 Å². The van der Waals surface area contributed by atoms with Gasteiger partial charge in [-0.3, -0.25) is 0 Å². The van der Waals surface area contributed by atoms with E-state index >= 15 is 0 Å². The SMILES string of the molecule is COc1ccc(S(=O)(=O)N2CCCC3(C2)OC(=O)c2ccccc23)cc1C. The van der Waals surface area contributed by atoms with Gasteiger partial charge in [-0.15, -0.1) is 0 Å². The Balaban J connectivity index is 1.70. The minimum absolute atomic E-state index is 0.128. The number of fused-ring (bicyclic) bond motifs is 2. The van der Waals surface area contributed by atoms with Gasteiger partial charge in [0.15, 0.2) is 5.60 Å². The molecule has 2 heterocycles. The fraction of sp³-hybridized carbons (Fsp3) is 0.350. The minimum Gasteiger partial charge on any atom is -0.496 e. The van der Waals surface area contributed by atoms with Crippen LogP contribution in [0.5, 0.6) is 5.75 Å². The molecular weight excluding hydrogens is 366 g/mol. The lowest BCUT2D eigenvalue weighted by atomic mass is 9.86. The number of piperidine rings is 1. The summed E-state index contributed by atoms with van der Waals surface area (Å²) in [7, 11) is -2.15. The minimum atomic E-state index is -3.71. The van der Waals surface area contributed by atoms with E-state index in [0.717, 1.165) is 11.1 Å². The number of sulfonamides is 1. The van der Waals surface area contributed by atoms with Crippen LogP contribution in [0.2, 0.25) is 0 Å². The molecule has 0 aliphatic carbocycles. The summed E-state index contributed by atoms with van der Waals surface area (Å²) in [6.07, 6.45) is 1.24. The summed E-state index contributed by atoms with van der Waals surface area (Å²) in [5.41, 5.74) is 1.15. The highest BCUT2D eigenvalue weighted by Gasteiger charge is 2.50. The predicted octanol–water partition coefficient (Wildman–Crippen LogP) is 2.85. The van der Waals surface area contributed by atoms with E-state index < -0.39 is 15.6 Å². The zero-order valence-corrected chi connectivity index (χ0v) is 16.1. The molecule has 0 saturated carbocycles. The number of hydrogen-bond donors (Lipinski definition) is 0. The van der Waals surface area contributed by atoms with E-state index in [-0.39, 0.29) is 17.4 Å². The van der Waals surface area contributed by atoms with Crippen molar-refractivity contribution in [1.82, 2.24) is 4.31 Å². The third-order valence-corrected chi connectivity index (χ3v) is 7.19. The average Bonchev–Trinajstić information content (AvgIpc) is 2.93. The maximum absolute atomic E-state index is 13.2. The number of hydrogen-bond acceptors (Lipinski definition) is 5. The van der Waals surface area contributed by atoms with Gasteiger partial charge in [-0.25, -0.2) is 13.2 Å². The van der Waals surface area contributed by atoms with Gasteiger partial charge in [0.2, 0.25) is 10.0 Å². The Morgan fingerprint density at radius 1 is 1.19 bits per heavy atom. The molecule has 0 bridgehead atoms. The molecule has 2 aliphatic rings. The third-order valence-electron chi connectivity index (χ3n) is 5.35. The van der Waals surface area contributed by atoms with Gasteiger partial charge < -0.3 is 9.47 Å².